The maximum absolute atomic E-state index is 11.9. The molecule has 1 saturated carbocycles. The number of alkyl halides is 3. The molecule has 0 aromatic carbocycles. The molecule has 0 spiro atoms. The molecule has 1 aliphatic carbocycles. The van der Waals surface area contributed by atoms with E-state index >= 15 is 0 Å². The van der Waals surface area contributed by atoms with Crippen LogP contribution in [0.15, 0.2) is 0 Å². The monoisotopic (exact) mass is 253 g/mol. The molecule has 0 atom stereocenters. The summed E-state index contributed by atoms with van der Waals surface area (Å²) in [5.74, 6) is -0.393. The first-order valence-electron chi connectivity index (χ1n) is 5.57. The fraction of sp³-hybridized carbons (Fsp3) is 0.900. The van der Waals surface area contributed by atoms with Crippen molar-refractivity contribution in [2.75, 3.05) is 26.3 Å². The van der Waals surface area contributed by atoms with E-state index in [4.69, 9.17) is 4.74 Å². The highest BCUT2D eigenvalue weighted by Crippen LogP contribution is 2.35. The quantitative estimate of drug-likeness (QED) is 0.741. The summed E-state index contributed by atoms with van der Waals surface area (Å²) in [4.78, 5) is 13.5. The zero-order chi connectivity index (χ0) is 12.5. The Morgan fingerprint density at radius 1 is 1.24 bits per heavy atom. The van der Waals surface area contributed by atoms with Crippen LogP contribution in [0.25, 0.3) is 0 Å². The van der Waals surface area contributed by atoms with Gasteiger partial charge in [-0.1, -0.05) is 0 Å². The Morgan fingerprint density at radius 2 is 1.82 bits per heavy atom. The normalized spacial score (nSPS) is 29.9. The predicted molar refractivity (Wildman–Crippen MR) is 51.1 cm³/mol. The van der Waals surface area contributed by atoms with Crippen LogP contribution in [0.2, 0.25) is 0 Å². The molecule has 1 aliphatic heterocycles. The minimum absolute atomic E-state index is 0.0738. The number of carbonyl (C=O) groups excluding carboxylic acids is 1. The van der Waals surface area contributed by atoms with Crippen LogP contribution in [0.4, 0.5) is 13.2 Å². The Labute approximate surface area is 96.7 Å². The lowest BCUT2D eigenvalue weighted by Gasteiger charge is -2.38. The zero-order valence-corrected chi connectivity index (χ0v) is 9.20. The van der Waals surface area contributed by atoms with Crippen molar-refractivity contribution in [2.45, 2.75) is 25.3 Å². The number of morpholine rings is 1. The second-order valence-electron chi connectivity index (χ2n) is 4.29. The minimum Gasteiger partial charge on any atom is -0.378 e. The van der Waals surface area contributed by atoms with E-state index in [1.54, 1.807) is 4.90 Å². The van der Waals surface area contributed by atoms with Gasteiger partial charge in [0.05, 0.1) is 19.3 Å². The number of hydrogen-bond donors (Lipinski definition) is 0. The predicted octanol–water partition coefficient (Wildman–Crippen LogP) is 1.16. The molecule has 0 aromatic rings. The van der Waals surface area contributed by atoms with Gasteiger partial charge in [-0.15, -0.1) is 13.2 Å². The third kappa shape index (κ3) is 3.32. The number of nitrogens with zero attached hydrogens (tertiary/aromatic N) is 1. The van der Waals surface area contributed by atoms with Gasteiger partial charge in [0.25, 0.3) is 0 Å². The molecule has 0 N–H and O–H groups in total. The number of rotatable bonds is 2. The van der Waals surface area contributed by atoms with Gasteiger partial charge in [0, 0.05) is 19.0 Å². The SMILES string of the molecule is O=C(C1CC(OC(F)(F)F)C1)N1CCOCC1. The van der Waals surface area contributed by atoms with Crippen molar-refractivity contribution in [2.24, 2.45) is 5.92 Å². The molecule has 0 aromatic heterocycles. The summed E-state index contributed by atoms with van der Waals surface area (Å²) in [7, 11) is 0. The van der Waals surface area contributed by atoms with E-state index in [0.717, 1.165) is 0 Å². The van der Waals surface area contributed by atoms with Crippen LogP contribution in [0.3, 0.4) is 0 Å². The molecule has 98 valence electrons. The Balaban J connectivity index is 1.73. The van der Waals surface area contributed by atoms with E-state index in [2.05, 4.69) is 4.74 Å². The summed E-state index contributed by atoms with van der Waals surface area (Å²) in [6.07, 6.45) is -5.13. The van der Waals surface area contributed by atoms with Gasteiger partial charge in [-0.2, -0.15) is 0 Å². The first kappa shape index (κ1) is 12.6. The minimum atomic E-state index is -4.60. The zero-order valence-electron chi connectivity index (χ0n) is 9.20. The molecule has 2 fully saturated rings. The van der Waals surface area contributed by atoms with Crippen molar-refractivity contribution in [1.29, 1.82) is 0 Å². The van der Waals surface area contributed by atoms with Crippen LogP contribution < -0.4 is 0 Å². The van der Waals surface area contributed by atoms with Crippen LogP contribution in [0.1, 0.15) is 12.8 Å². The van der Waals surface area contributed by atoms with E-state index in [1.165, 1.54) is 0 Å². The van der Waals surface area contributed by atoms with E-state index in [-0.39, 0.29) is 24.7 Å². The van der Waals surface area contributed by atoms with Crippen molar-refractivity contribution >= 4 is 5.91 Å². The molecule has 0 bridgehead atoms. The highest BCUT2D eigenvalue weighted by molar-refractivity contribution is 5.80. The van der Waals surface area contributed by atoms with Crippen molar-refractivity contribution < 1.29 is 27.4 Å². The topological polar surface area (TPSA) is 38.8 Å². The lowest BCUT2D eigenvalue weighted by Crippen LogP contribution is -2.49. The molecule has 1 heterocycles. The molecule has 0 radical (unpaired) electrons. The second-order valence-corrected chi connectivity index (χ2v) is 4.29. The van der Waals surface area contributed by atoms with Crippen LogP contribution in [-0.2, 0) is 14.3 Å². The fourth-order valence-corrected chi connectivity index (χ4v) is 2.09. The first-order chi connectivity index (χ1) is 7.96. The molecule has 17 heavy (non-hydrogen) atoms. The van der Waals surface area contributed by atoms with Gasteiger partial charge in [0.2, 0.25) is 5.91 Å². The average Bonchev–Trinajstić information content (AvgIpc) is 2.22. The van der Waals surface area contributed by atoms with Gasteiger partial charge in [0.1, 0.15) is 0 Å². The van der Waals surface area contributed by atoms with Gasteiger partial charge in [-0.25, -0.2) is 0 Å². The van der Waals surface area contributed by atoms with E-state index in [0.29, 0.717) is 26.3 Å². The standard InChI is InChI=1S/C10H14F3NO3/c11-10(12,13)17-8-5-7(6-8)9(15)14-1-3-16-4-2-14/h7-8H,1-6H2. The highest BCUT2D eigenvalue weighted by atomic mass is 19.4. The number of hydrogen-bond acceptors (Lipinski definition) is 3. The Morgan fingerprint density at radius 3 is 2.35 bits per heavy atom. The number of ether oxygens (including phenoxy) is 2. The Hall–Kier alpha value is -0.820. The fourth-order valence-electron chi connectivity index (χ4n) is 2.09. The Bertz CT molecular complexity index is 283. The van der Waals surface area contributed by atoms with Crippen molar-refractivity contribution in [3.63, 3.8) is 0 Å². The highest BCUT2D eigenvalue weighted by Gasteiger charge is 2.43. The first-order valence-corrected chi connectivity index (χ1v) is 5.57. The third-order valence-electron chi connectivity index (χ3n) is 3.07. The van der Waals surface area contributed by atoms with E-state index < -0.39 is 12.5 Å². The second kappa shape index (κ2) is 4.81. The van der Waals surface area contributed by atoms with Crippen LogP contribution in [0, 0.1) is 5.92 Å². The molecule has 7 heteroatoms. The maximum Gasteiger partial charge on any atom is 0.522 e. The number of amides is 1. The summed E-state index contributed by atoms with van der Waals surface area (Å²) in [5.41, 5.74) is 0. The average molecular weight is 253 g/mol. The largest absolute Gasteiger partial charge is 0.522 e. The molecular formula is C10H14F3NO3. The van der Waals surface area contributed by atoms with Crippen molar-refractivity contribution in [1.82, 2.24) is 4.90 Å². The van der Waals surface area contributed by atoms with Crippen LogP contribution >= 0.6 is 0 Å². The summed E-state index contributed by atoms with van der Waals surface area (Å²) >= 11 is 0. The molecule has 2 aliphatic rings. The lowest BCUT2D eigenvalue weighted by molar-refractivity contribution is -0.353. The van der Waals surface area contributed by atoms with E-state index in [1.807, 2.05) is 0 Å². The summed E-state index contributed by atoms with van der Waals surface area (Å²) in [6, 6.07) is 0. The summed E-state index contributed by atoms with van der Waals surface area (Å²) < 4.78 is 44.6. The Kier molecular flexibility index (Phi) is 3.58. The van der Waals surface area contributed by atoms with Gasteiger partial charge in [-0.3, -0.25) is 9.53 Å². The lowest BCUT2D eigenvalue weighted by atomic mass is 9.81. The van der Waals surface area contributed by atoms with Crippen LogP contribution in [0.5, 0.6) is 0 Å². The number of halogens is 3. The van der Waals surface area contributed by atoms with Crippen molar-refractivity contribution in [3.05, 3.63) is 0 Å². The van der Waals surface area contributed by atoms with E-state index in [9.17, 15) is 18.0 Å². The summed E-state index contributed by atoms with van der Waals surface area (Å²) in [6.45, 7) is 2.06. The third-order valence-corrected chi connectivity index (χ3v) is 3.07. The van der Waals surface area contributed by atoms with Gasteiger partial charge >= 0.3 is 6.36 Å². The van der Waals surface area contributed by atoms with Crippen molar-refractivity contribution in [3.8, 4) is 0 Å². The maximum atomic E-state index is 11.9. The molecule has 1 saturated heterocycles. The molecule has 1 amide bonds. The summed E-state index contributed by atoms with van der Waals surface area (Å²) in [5, 5.41) is 0. The van der Waals surface area contributed by atoms with Gasteiger partial charge in [-0.05, 0) is 12.8 Å². The molecule has 4 nitrogen and oxygen atoms in total. The number of carbonyl (C=O) groups is 1. The smallest absolute Gasteiger partial charge is 0.378 e. The molecule has 2 rings (SSSR count). The van der Waals surface area contributed by atoms with Gasteiger partial charge in [0.15, 0.2) is 0 Å². The molecular weight excluding hydrogens is 239 g/mol. The van der Waals surface area contributed by atoms with Gasteiger partial charge < -0.3 is 9.64 Å². The molecule has 0 unspecified atom stereocenters. The van der Waals surface area contributed by atoms with Crippen LogP contribution in [-0.4, -0.2) is 49.6 Å².